The molecule has 1 aliphatic rings. The van der Waals surface area contributed by atoms with E-state index in [9.17, 15) is 14.9 Å². The van der Waals surface area contributed by atoms with Gasteiger partial charge in [-0.1, -0.05) is 20.8 Å². The monoisotopic (exact) mass is 520 g/mol. The normalized spacial score (nSPS) is 13.9. The number of nitriles is 1. The number of hydrogen-bond donors (Lipinski definition) is 5. The highest BCUT2D eigenvalue weighted by Gasteiger charge is 2.16. The van der Waals surface area contributed by atoms with Crippen molar-refractivity contribution < 1.29 is 14.3 Å². The van der Waals surface area contributed by atoms with Gasteiger partial charge in [0, 0.05) is 43.4 Å². The molecule has 0 bridgehead atoms. The van der Waals surface area contributed by atoms with Crippen LogP contribution in [0.1, 0.15) is 48.8 Å². The van der Waals surface area contributed by atoms with Crippen molar-refractivity contribution in [3.05, 3.63) is 59.2 Å². The van der Waals surface area contributed by atoms with Crippen molar-refractivity contribution in [2.75, 3.05) is 48.4 Å². The first-order valence-corrected chi connectivity index (χ1v) is 12.5. The zero-order chi connectivity index (χ0) is 27.7. The Labute approximate surface area is 223 Å². The number of aryl methyl sites for hydroxylation is 1. The summed E-state index contributed by atoms with van der Waals surface area (Å²) < 4.78 is 5.41. The molecule has 202 valence electrons. The van der Waals surface area contributed by atoms with Gasteiger partial charge >= 0.3 is 0 Å². The van der Waals surface area contributed by atoms with Crippen molar-refractivity contribution in [3.8, 4) is 6.07 Å². The Morgan fingerprint density at radius 3 is 2.61 bits per heavy atom. The summed E-state index contributed by atoms with van der Waals surface area (Å²) in [5.74, 6) is 4.82. The molecule has 0 spiro atoms. The molecule has 1 aromatic carbocycles. The molecule has 2 aromatic rings. The van der Waals surface area contributed by atoms with Gasteiger partial charge in [-0.2, -0.15) is 5.26 Å². The van der Waals surface area contributed by atoms with Crippen LogP contribution in [0.4, 0.5) is 17.1 Å². The van der Waals surface area contributed by atoms with Gasteiger partial charge in [0.25, 0.3) is 11.8 Å². The van der Waals surface area contributed by atoms with Crippen LogP contribution in [0.3, 0.4) is 0 Å². The fourth-order valence-electron chi connectivity index (χ4n) is 3.73. The standard InChI is InChI=1S/C27H36N8O3/c1-18-23(32-17-24(34-29)26(37)30-6-5-27(2,3)4)13-20(16-31-18)25(36)33-21-11-19(15-28)12-22(14-21)35-7-9-38-10-8-35/h11-14,16-17,32,34H,5-10,29H2,1-4H3,(H,30,37)(H,33,36)/b24-17-. The SMILES string of the molecule is Cc1ncc(C(=O)Nc2cc(C#N)cc(N3CCOCC3)c2)cc1N/C=C(\NN)C(=O)NCCC(C)(C)C. The largest absolute Gasteiger partial charge is 0.378 e. The minimum atomic E-state index is -0.385. The first-order valence-electron chi connectivity index (χ1n) is 12.5. The lowest BCUT2D eigenvalue weighted by molar-refractivity contribution is -0.117. The number of anilines is 3. The lowest BCUT2D eigenvalue weighted by Crippen LogP contribution is -2.36. The zero-order valence-corrected chi connectivity index (χ0v) is 22.4. The second-order valence-electron chi connectivity index (χ2n) is 10.2. The molecule has 6 N–H and O–H groups in total. The van der Waals surface area contributed by atoms with Crippen LogP contribution in [-0.2, 0) is 9.53 Å². The Balaban J connectivity index is 1.72. The Morgan fingerprint density at radius 1 is 1.21 bits per heavy atom. The number of rotatable bonds is 9. The van der Waals surface area contributed by atoms with E-state index in [1.807, 2.05) is 6.07 Å². The molecule has 0 unspecified atom stereocenters. The average Bonchev–Trinajstić information content (AvgIpc) is 2.89. The molecule has 1 aromatic heterocycles. The topological polar surface area (TPSA) is 157 Å². The van der Waals surface area contributed by atoms with E-state index < -0.39 is 0 Å². The van der Waals surface area contributed by atoms with E-state index in [2.05, 4.69) is 58.1 Å². The van der Waals surface area contributed by atoms with E-state index in [1.165, 1.54) is 12.4 Å². The van der Waals surface area contributed by atoms with Crippen molar-refractivity contribution in [2.24, 2.45) is 11.3 Å². The van der Waals surface area contributed by atoms with Crippen LogP contribution in [0.15, 0.2) is 42.4 Å². The van der Waals surface area contributed by atoms with Crippen molar-refractivity contribution in [3.63, 3.8) is 0 Å². The molecule has 11 nitrogen and oxygen atoms in total. The first-order chi connectivity index (χ1) is 18.1. The van der Waals surface area contributed by atoms with E-state index in [-0.39, 0.29) is 22.9 Å². The molecule has 11 heteroatoms. The number of pyridine rings is 1. The van der Waals surface area contributed by atoms with Crippen molar-refractivity contribution in [1.29, 1.82) is 5.26 Å². The summed E-state index contributed by atoms with van der Waals surface area (Å²) in [5, 5.41) is 18.2. The van der Waals surface area contributed by atoms with Crippen LogP contribution in [-0.4, -0.2) is 49.6 Å². The van der Waals surface area contributed by atoms with Crippen LogP contribution >= 0.6 is 0 Å². The van der Waals surface area contributed by atoms with Crippen molar-refractivity contribution in [1.82, 2.24) is 15.7 Å². The number of benzene rings is 1. The molecule has 0 atom stereocenters. The minimum absolute atomic E-state index is 0.0926. The molecule has 3 rings (SSSR count). The van der Waals surface area contributed by atoms with Gasteiger partial charge < -0.3 is 31.0 Å². The van der Waals surface area contributed by atoms with Crippen LogP contribution < -0.4 is 32.1 Å². The highest BCUT2D eigenvalue weighted by atomic mass is 16.5. The summed E-state index contributed by atoms with van der Waals surface area (Å²) >= 11 is 0. The molecule has 1 aliphatic heterocycles. The smallest absolute Gasteiger partial charge is 0.270 e. The fourth-order valence-corrected chi connectivity index (χ4v) is 3.73. The van der Waals surface area contributed by atoms with E-state index in [0.29, 0.717) is 61.0 Å². The Hall–Kier alpha value is -4.14. The molecule has 1 fully saturated rings. The third kappa shape index (κ3) is 8.19. The second-order valence-corrected chi connectivity index (χ2v) is 10.2. The summed E-state index contributed by atoms with van der Waals surface area (Å²) in [6.45, 7) is 11.2. The number of carbonyl (C=O) groups excluding carboxylic acids is 2. The second kappa shape index (κ2) is 12.9. The van der Waals surface area contributed by atoms with Gasteiger partial charge in [-0.25, -0.2) is 0 Å². The number of carbonyl (C=O) groups is 2. The van der Waals surface area contributed by atoms with Crippen LogP contribution in [0.25, 0.3) is 0 Å². The van der Waals surface area contributed by atoms with Gasteiger partial charge in [0.15, 0.2) is 0 Å². The molecule has 2 heterocycles. The van der Waals surface area contributed by atoms with E-state index in [0.717, 1.165) is 12.1 Å². The lowest BCUT2D eigenvalue weighted by Gasteiger charge is -2.29. The van der Waals surface area contributed by atoms with Gasteiger partial charge in [0.1, 0.15) is 5.70 Å². The molecule has 0 aliphatic carbocycles. The number of nitrogens with two attached hydrogens (primary N) is 1. The first kappa shape index (κ1) is 28.4. The van der Waals surface area contributed by atoms with Crippen molar-refractivity contribution >= 4 is 28.9 Å². The van der Waals surface area contributed by atoms with E-state index in [4.69, 9.17) is 10.6 Å². The van der Waals surface area contributed by atoms with E-state index in [1.54, 1.807) is 25.1 Å². The number of amides is 2. The summed E-state index contributed by atoms with van der Waals surface area (Å²) in [5.41, 5.74) is 5.90. The third-order valence-corrected chi connectivity index (χ3v) is 5.96. The highest BCUT2D eigenvalue weighted by molar-refractivity contribution is 6.05. The van der Waals surface area contributed by atoms with Crippen molar-refractivity contribution in [2.45, 2.75) is 34.1 Å². The van der Waals surface area contributed by atoms with Gasteiger partial charge in [-0.05, 0) is 43.0 Å². The van der Waals surface area contributed by atoms with Crippen LogP contribution in [0.2, 0.25) is 0 Å². The van der Waals surface area contributed by atoms with Crippen LogP contribution in [0.5, 0.6) is 0 Å². The molecule has 0 saturated carbocycles. The number of nitrogens with one attached hydrogen (secondary N) is 4. The summed E-state index contributed by atoms with van der Waals surface area (Å²) in [6.07, 6.45) is 3.72. The number of hydrazine groups is 1. The van der Waals surface area contributed by atoms with Gasteiger partial charge in [0.05, 0.1) is 41.8 Å². The third-order valence-electron chi connectivity index (χ3n) is 5.96. The predicted molar refractivity (Wildman–Crippen MR) is 147 cm³/mol. The zero-order valence-electron chi connectivity index (χ0n) is 22.4. The predicted octanol–water partition coefficient (Wildman–Crippen LogP) is 2.62. The van der Waals surface area contributed by atoms with Crippen LogP contribution in [0, 0.1) is 23.7 Å². The minimum Gasteiger partial charge on any atom is -0.378 e. The lowest BCUT2D eigenvalue weighted by atomic mass is 9.92. The maximum Gasteiger partial charge on any atom is 0.270 e. The van der Waals surface area contributed by atoms with E-state index >= 15 is 0 Å². The van der Waals surface area contributed by atoms with Gasteiger partial charge in [0.2, 0.25) is 0 Å². The molecule has 1 saturated heterocycles. The molecule has 2 amide bonds. The fraction of sp³-hybridized carbons (Fsp3) is 0.407. The molecule has 0 radical (unpaired) electrons. The molecular weight excluding hydrogens is 484 g/mol. The van der Waals surface area contributed by atoms with Gasteiger partial charge in [-0.15, -0.1) is 0 Å². The number of nitrogens with zero attached hydrogens (tertiary/aromatic N) is 3. The summed E-state index contributed by atoms with van der Waals surface area (Å²) in [6, 6.07) is 9.05. The number of ether oxygens (including phenoxy) is 1. The Kier molecular flexibility index (Phi) is 9.65. The average molecular weight is 521 g/mol. The summed E-state index contributed by atoms with van der Waals surface area (Å²) in [7, 11) is 0. The maximum absolute atomic E-state index is 13.1. The van der Waals surface area contributed by atoms with Gasteiger partial charge in [-0.3, -0.25) is 20.4 Å². The highest BCUT2D eigenvalue weighted by Crippen LogP contribution is 2.24. The summed E-state index contributed by atoms with van der Waals surface area (Å²) in [4.78, 5) is 32.0. The molecular formula is C27H36N8O3. The quantitative estimate of drug-likeness (QED) is 0.190. The maximum atomic E-state index is 13.1. The number of hydrogen-bond acceptors (Lipinski definition) is 9. The Bertz CT molecular complexity index is 1220. The Morgan fingerprint density at radius 2 is 1.95 bits per heavy atom. The number of morpholine rings is 1. The number of aromatic nitrogens is 1. The molecule has 38 heavy (non-hydrogen) atoms.